The lowest BCUT2D eigenvalue weighted by Crippen LogP contribution is -2.08. The SMILES string of the molecule is O=C(O)CC/C=C\C(=O)C(=O)O. The maximum atomic E-state index is 10.4. The Labute approximate surface area is 68.3 Å². The van der Waals surface area contributed by atoms with Crippen molar-refractivity contribution in [2.24, 2.45) is 0 Å². The molecule has 0 saturated heterocycles. The Bertz CT molecular complexity index is 228. The molecular weight excluding hydrogens is 164 g/mol. The Hall–Kier alpha value is -1.65. The average molecular weight is 172 g/mol. The van der Waals surface area contributed by atoms with Gasteiger partial charge in [0.1, 0.15) is 0 Å². The quantitative estimate of drug-likeness (QED) is 0.452. The van der Waals surface area contributed by atoms with E-state index < -0.39 is 17.7 Å². The van der Waals surface area contributed by atoms with Gasteiger partial charge < -0.3 is 10.2 Å². The Morgan fingerprint density at radius 1 is 1.17 bits per heavy atom. The second kappa shape index (κ2) is 5.06. The van der Waals surface area contributed by atoms with E-state index in [2.05, 4.69) is 0 Å². The summed E-state index contributed by atoms with van der Waals surface area (Å²) in [5.74, 6) is -3.57. The summed E-state index contributed by atoms with van der Waals surface area (Å²) < 4.78 is 0. The van der Waals surface area contributed by atoms with Crippen LogP contribution < -0.4 is 0 Å². The van der Waals surface area contributed by atoms with Crippen LogP contribution in [0.15, 0.2) is 12.2 Å². The summed E-state index contributed by atoms with van der Waals surface area (Å²) in [4.78, 5) is 30.2. The van der Waals surface area contributed by atoms with Gasteiger partial charge in [-0.15, -0.1) is 0 Å². The number of carbonyl (C=O) groups excluding carboxylic acids is 1. The smallest absolute Gasteiger partial charge is 0.376 e. The third-order valence-corrected chi connectivity index (χ3v) is 1.00. The average Bonchev–Trinajstić information content (AvgIpc) is 1.97. The number of carboxylic acids is 2. The van der Waals surface area contributed by atoms with Gasteiger partial charge in [-0.2, -0.15) is 0 Å². The maximum Gasteiger partial charge on any atom is 0.376 e. The first-order valence-electron chi connectivity index (χ1n) is 3.19. The fraction of sp³-hybridized carbons (Fsp3) is 0.286. The molecule has 0 bridgehead atoms. The fourth-order valence-corrected chi connectivity index (χ4v) is 0.468. The molecular formula is C7H8O5. The molecule has 0 unspecified atom stereocenters. The summed E-state index contributed by atoms with van der Waals surface area (Å²) in [6.45, 7) is 0. The van der Waals surface area contributed by atoms with Gasteiger partial charge in [0, 0.05) is 6.42 Å². The van der Waals surface area contributed by atoms with Crippen LogP contribution in [0.1, 0.15) is 12.8 Å². The normalized spacial score (nSPS) is 10.0. The van der Waals surface area contributed by atoms with Crippen molar-refractivity contribution in [1.29, 1.82) is 0 Å². The van der Waals surface area contributed by atoms with Gasteiger partial charge in [0.15, 0.2) is 0 Å². The summed E-state index contributed by atoms with van der Waals surface area (Å²) in [6, 6.07) is 0. The highest BCUT2D eigenvalue weighted by molar-refractivity contribution is 6.37. The van der Waals surface area contributed by atoms with Crippen molar-refractivity contribution in [3.8, 4) is 0 Å². The lowest BCUT2D eigenvalue weighted by molar-refractivity contribution is -0.146. The van der Waals surface area contributed by atoms with Crippen LogP contribution in [0.25, 0.3) is 0 Å². The summed E-state index contributed by atoms with van der Waals surface area (Å²) in [6.07, 6.45) is 2.13. The zero-order valence-corrected chi connectivity index (χ0v) is 6.19. The summed E-state index contributed by atoms with van der Waals surface area (Å²) >= 11 is 0. The number of rotatable bonds is 5. The van der Waals surface area contributed by atoms with Crippen LogP contribution >= 0.6 is 0 Å². The molecule has 0 amide bonds. The molecule has 0 atom stereocenters. The Morgan fingerprint density at radius 3 is 2.17 bits per heavy atom. The molecule has 0 aromatic carbocycles. The second-order valence-corrected chi connectivity index (χ2v) is 2.00. The van der Waals surface area contributed by atoms with Crippen molar-refractivity contribution in [2.45, 2.75) is 12.8 Å². The minimum atomic E-state index is -1.54. The monoisotopic (exact) mass is 172 g/mol. The van der Waals surface area contributed by atoms with Gasteiger partial charge >= 0.3 is 11.9 Å². The van der Waals surface area contributed by atoms with Gasteiger partial charge in [0.05, 0.1) is 0 Å². The van der Waals surface area contributed by atoms with E-state index >= 15 is 0 Å². The number of hydrogen-bond donors (Lipinski definition) is 2. The molecule has 5 heteroatoms. The minimum Gasteiger partial charge on any atom is -0.481 e. The number of carbonyl (C=O) groups is 3. The van der Waals surface area contributed by atoms with Crippen LogP contribution in [0.2, 0.25) is 0 Å². The van der Waals surface area contributed by atoms with Crippen molar-refractivity contribution < 1.29 is 24.6 Å². The van der Waals surface area contributed by atoms with Crippen molar-refractivity contribution in [1.82, 2.24) is 0 Å². The summed E-state index contributed by atoms with van der Waals surface area (Å²) in [7, 11) is 0. The van der Waals surface area contributed by atoms with Crippen LogP contribution in [0, 0.1) is 0 Å². The number of hydrogen-bond acceptors (Lipinski definition) is 3. The number of aliphatic carboxylic acids is 2. The predicted octanol–water partition coefficient (Wildman–Crippen LogP) is 0.0611. The number of ketones is 1. The maximum absolute atomic E-state index is 10.4. The highest BCUT2D eigenvalue weighted by Gasteiger charge is 2.04. The van der Waals surface area contributed by atoms with Crippen LogP contribution in [-0.2, 0) is 14.4 Å². The Morgan fingerprint density at radius 2 is 1.75 bits per heavy atom. The molecule has 0 spiro atoms. The summed E-state index contributed by atoms with van der Waals surface area (Å²) in [5, 5.41) is 16.2. The molecule has 0 saturated carbocycles. The molecule has 0 aromatic rings. The molecule has 2 N–H and O–H groups in total. The third-order valence-electron chi connectivity index (χ3n) is 1.00. The molecule has 5 nitrogen and oxygen atoms in total. The lowest BCUT2D eigenvalue weighted by Gasteiger charge is -1.86. The second-order valence-electron chi connectivity index (χ2n) is 2.00. The predicted molar refractivity (Wildman–Crippen MR) is 38.7 cm³/mol. The van der Waals surface area contributed by atoms with Gasteiger partial charge in [-0.1, -0.05) is 6.08 Å². The van der Waals surface area contributed by atoms with Gasteiger partial charge in [-0.3, -0.25) is 9.59 Å². The van der Waals surface area contributed by atoms with E-state index in [1.807, 2.05) is 0 Å². The molecule has 0 aliphatic rings. The highest BCUT2D eigenvalue weighted by Crippen LogP contribution is 1.90. The van der Waals surface area contributed by atoms with Crippen LogP contribution in [-0.4, -0.2) is 27.9 Å². The summed E-state index contributed by atoms with van der Waals surface area (Å²) in [5.41, 5.74) is 0. The van der Waals surface area contributed by atoms with E-state index in [4.69, 9.17) is 10.2 Å². The first kappa shape index (κ1) is 10.3. The number of carboxylic acid groups (broad SMARTS) is 2. The molecule has 66 valence electrons. The first-order chi connectivity index (χ1) is 5.54. The van der Waals surface area contributed by atoms with Gasteiger partial charge in [-0.25, -0.2) is 4.79 Å². The number of allylic oxidation sites excluding steroid dienone is 1. The fourth-order valence-electron chi connectivity index (χ4n) is 0.468. The van der Waals surface area contributed by atoms with Crippen molar-refractivity contribution in [3.05, 3.63) is 12.2 Å². The van der Waals surface area contributed by atoms with Crippen molar-refractivity contribution >= 4 is 17.7 Å². The van der Waals surface area contributed by atoms with Crippen LogP contribution in [0.4, 0.5) is 0 Å². The van der Waals surface area contributed by atoms with E-state index in [1.165, 1.54) is 6.08 Å². The topological polar surface area (TPSA) is 91.7 Å². The Kier molecular flexibility index (Phi) is 4.36. The van der Waals surface area contributed by atoms with Gasteiger partial charge in [-0.05, 0) is 12.5 Å². The van der Waals surface area contributed by atoms with Crippen molar-refractivity contribution in [2.75, 3.05) is 0 Å². The van der Waals surface area contributed by atoms with E-state index in [1.54, 1.807) is 0 Å². The third kappa shape index (κ3) is 5.16. The van der Waals surface area contributed by atoms with Crippen LogP contribution in [0.3, 0.4) is 0 Å². The standard InChI is InChI=1S/C7H8O5/c8-5(7(11)12)3-1-2-4-6(9)10/h1,3H,2,4H2,(H,9,10)(H,11,12)/b3-1-. The highest BCUT2D eigenvalue weighted by atomic mass is 16.4. The molecule has 0 aliphatic heterocycles. The molecule has 0 rings (SSSR count). The molecule has 0 heterocycles. The molecule has 0 radical (unpaired) electrons. The van der Waals surface area contributed by atoms with Crippen LogP contribution in [0.5, 0.6) is 0 Å². The zero-order chi connectivity index (χ0) is 9.56. The molecule has 0 fully saturated rings. The van der Waals surface area contributed by atoms with Crippen molar-refractivity contribution in [3.63, 3.8) is 0 Å². The Balaban J connectivity index is 3.70. The van der Waals surface area contributed by atoms with E-state index in [-0.39, 0.29) is 12.8 Å². The lowest BCUT2D eigenvalue weighted by atomic mass is 10.2. The molecule has 0 aromatic heterocycles. The van der Waals surface area contributed by atoms with E-state index in [0.29, 0.717) is 0 Å². The van der Waals surface area contributed by atoms with E-state index in [9.17, 15) is 14.4 Å². The first-order valence-corrected chi connectivity index (χ1v) is 3.19. The largest absolute Gasteiger partial charge is 0.481 e. The molecule has 0 aliphatic carbocycles. The minimum absolute atomic E-state index is 0.108. The van der Waals surface area contributed by atoms with E-state index in [0.717, 1.165) is 6.08 Å². The van der Waals surface area contributed by atoms with Gasteiger partial charge in [0.2, 0.25) is 0 Å². The van der Waals surface area contributed by atoms with Gasteiger partial charge in [0.25, 0.3) is 5.78 Å². The zero-order valence-electron chi connectivity index (χ0n) is 6.19. The molecule has 12 heavy (non-hydrogen) atoms.